The molecule has 7 heteroatoms. The van der Waals surface area contributed by atoms with Crippen molar-refractivity contribution in [3.8, 4) is 5.69 Å². The maximum Gasteiger partial charge on any atom is 0.229 e. The fourth-order valence-electron chi connectivity index (χ4n) is 2.89. The van der Waals surface area contributed by atoms with Crippen LogP contribution in [0.25, 0.3) is 5.69 Å². The van der Waals surface area contributed by atoms with Gasteiger partial charge < -0.3 is 10.2 Å². The van der Waals surface area contributed by atoms with Gasteiger partial charge in [0.1, 0.15) is 12.7 Å². The first-order valence-electron chi connectivity index (χ1n) is 8.06. The van der Waals surface area contributed by atoms with Crippen molar-refractivity contribution in [2.45, 2.75) is 20.3 Å². The summed E-state index contributed by atoms with van der Waals surface area (Å²) in [5.41, 5.74) is 1.56. The molecular formula is C17H21N5O2. The highest BCUT2D eigenvalue weighted by Gasteiger charge is 2.34. The van der Waals surface area contributed by atoms with Crippen LogP contribution in [0.1, 0.15) is 20.3 Å². The first-order valence-corrected chi connectivity index (χ1v) is 8.06. The largest absolute Gasteiger partial charge is 0.342 e. The van der Waals surface area contributed by atoms with E-state index in [2.05, 4.69) is 29.4 Å². The Labute approximate surface area is 140 Å². The Morgan fingerprint density at radius 1 is 1.33 bits per heavy atom. The Kier molecular flexibility index (Phi) is 4.59. The number of amides is 2. The van der Waals surface area contributed by atoms with Crippen molar-refractivity contribution in [1.82, 2.24) is 19.7 Å². The van der Waals surface area contributed by atoms with Crippen LogP contribution < -0.4 is 5.32 Å². The van der Waals surface area contributed by atoms with Gasteiger partial charge in [0.15, 0.2) is 0 Å². The highest BCUT2D eigenvalue weighted by Crippen LogP contribution is 2.22. The smallest absolute Gasteiger partial charge is 0.229 e. The lowest BCUT2D eigenvalue weighted by Gasteiger charge is -2.18. The third kappa shape index (κ3) is 3.61. The summed E-state index contributed by atoms with van der Waals surface area (Å²) in [4.78, 5) is 26.3. The van der Waals surface area contributed by atoms with E-state index in [1.807, 2.05) is 24.3 Å². The highest BCUT2D eigenvalue weighted by molar-refractivity contribution is 5.97. The number of benzene rings is 1. The van der Waals surface area contributed by atoms with Crippen molar-refractivity contribution >= 4 is 17.5 Å². The van der Waals surface area contributed by atoms with Crippen LogP contribution in [0.3, 0.4) is 0 Å². The fraction of sp³-hybridized carbons (Fsp3) is 0.412. The molecule has 2 aromatic rings. The molecule has 1 N–H and O–H groups in total. The van der Waals surface area contributed by atoms with Crippen molar-refractivity contribution in [2.24, 2.45) is 11.8 Å². The molecule has 1 aromatic heterocycles. The molecule has 1 fully saturated rings. The monoisotopic (exact) mass is 327 g/mol. The van der Waals surface area contributed by atoms with Gasteiger partial charge in [0.05, 0.1) is 11.6 Å². The molecule has 0 bridgehead atoms. The third-order valence-electron chi connectivity index (χ3n) is 4.00. The second kappa shape index (κ2) is 6.82. The van der Waals surface area contributed by atoms with Crippen molar-refractivity contribution in [1.29, 1.82) is 0 Å². The summed E-state index contributed by atoms with van der Waals surface area (Å²) >= 11 is 0. The van der Waals surface area contributed by atoms with E-state index >= 15 is 0 Å². The van der Waals surface area contributed by atoms with Crippen LogP contribution in [0.5, 0.6) is 0 Å². The van der Waals surface area contributed by atoms with Gasteiger partial charge in [0.25, 0.3) is 0 Å². The number of carbonyl (C=O) groups excluding carboxylic acids is 2. The summed E-state index contributed by atoms with van der Waals surface area (Å²) in [5.74, 6) is 0.0450. The molecule has 1 atom stereocenters. The van der Waals surface area contributed by atoms with Gasteiger partial charge in [-0.15, -0.1) is 10.2 Å². The summed E-state index contributed by atoms with van der Waals surface area (Å²) in [7, 11) is 0. The van der Waals surface area contributed by atoms with Crippen LogP contribution in [0, 0.1) is 11.8 Å². The minimum Gasteiger partial charge on any atom is -0.342 e. The minimum atomic E-state index is -0.296. The summed E-state index contributed by atoms with van der Waals surface area (Å²) in [6.07, 6.45) is 3.48. The molecule has 0 spiro atoms. The summed E-state index contributed by atoms with van der Waals surface area (Å²) in [6, 6.07) is 7.44. The average Bonchev–Trinajstić information content (AvgIpc) is 3.18. The number of aromatic nitrogens is 3. The molecule has 1 aliphatic heterocycles. The van der Waals surface area contributed by atoms with Crippen LogP contribution >= 0.6 is 0 Å². The molecule has 0 radical (unpaired) electrons. The van der Waals surface area contributed by atoms with E-state index in [0.29, 0.717) is 24.7 Å². The van der Waals surface area contributed by atoms with Crippen molar-refractivity contribution < 1.29 is 9.59 Å². The number of hydrogen-bond donors (Lipinski definition) is 1. The van der Waals surface area contributed by atoms with Crippen LogP contribution in [0.15, 0.2) is 36.9 Å². The second-order valence-corrected chi connectivity index (χ2v) is 6.50. The van der Waals surface area contributed by atoms with Crippen LogP contribution in [-0.4, -0.2) is 44.6 Å². The zero-order chi connectivity index (χ0) is 17.1. The van der Waals surface area contributed by atoms with E-state index in [9.17, 15) is 9.59 Å². The van der Waals surface area contributed by atoms with Gasteiger partial charge in [-0.1, -0.05) is 19.9 Å². The molecule has 3 rings (SSSR count). The average molecular weight is 327 g/mol. The lowest BCUT2D eigenvalue weighted by molar-refractivity contribution is -0.128. The van der Waals surface area contributed by atoms with E-state index in [1.54, 1.807) is 22.1 Å². The molecule has 2 heterocycles. The van der Waals surface area contributed by atoms with Crippen molar-refractivity contribution in [3.05, 3.63) is 36.9 Å². The lowest BCUT2D eigenvalue weighted by Crippen LogP contribution is -2.31. The number of anilines is 1. The number of rotatable bonds is 5. The number of likely N-dealkylation sites (tertiary alicyclic amines) is 1. The second-order valence-electron chi connectivity index (χ2n) is 6.50. The Balaban J connectivity index is 1.65. The molecule has 126 valence electrons. The van der Waals surface area contributed by atoms with Gasteiger partial charge in [-0.25, -0.2) is 0 Å². The van der Waals surface area contributed by atoms with Crippen LogP contribution in [0.2, 0.25) is 0 Å². The highest BCUT2D eigenvalue weighted by atomic mass is 16.2. The van der Waals surface area contributed by atoms with E-state index in [1.165, 1.54) is 0 Å². The quantitative estimate of drug-likeness (QED) is 0.906. The Bertz CT molecular complexity index is 726. The lowest BCUT2D eigenvalue weighted by atomic mass is 10.1. The van der Waals surface area contributed by atoms with Crippen molar-refractivity contribution in [3.63, 3.8) is 0 Å². The molecule has 7 nitrogen and oxygen atoms in total. The fourth-order valence-corrected chi connectivity index (χ4v) is 2.89. The van der Waals surface area contributed by atoms with E-state index < -0.39 is 0 Å². The maximum atomic E-state index is 12.5. The van der Waals surface area contributed by atoms with Crippen LogP contribution in [-0.2, 0) is 9.59 Å². The molecule has 0 aliphatic carbocycles. The Morgan fingerprint density at radius 3 is 2.79 bits per heavy atom. The predicted molar refractivity (Wildman–Crippen MR) is 89.5 cm³/mol. The van der Waals surface area contributed by atoms with Gasteiger partial charge in [-0.2, -0.15) is 0 Å². The standard InChI is InChI=1S/C17H21N5O2/c1-12(2)8-21-9-13(6-16(21)23)17(24)20-14-4-3-5-15(7-14)22-10-18-19-11-22/h3-5,7,10-13H,6,8-9H2,1-2H3,(H,20,24). The molecule has 1 unspecified atom stereocenters. The normalized spacial score (nSPS) is 17.5. The van der Waals surface area contributed by atoms with E-state index in [-0.39, 0.29) is 24.2 Å². The number of nitrogens with one attached hydrogen (secondary N) is 1. The summed E-state index contributed by atoms with van der Waals surface area (Å²) in [5, 5.41) is 10.5. The molecule has 0 saturated carbocycles. The number of nitrogens with zero attached hydrogens (tertiary/aromatic N) is 4. The van der Waals surface area contributed by atoms with Gasteiger partial charge in [-0.05, 0) is 24.1 Å². The van der Waals surface area contributed by atoms with Gasteiger partial charge in [0.2, 0.25) is 11.8 Å². The first kappa shape index (κ1) is 16.2. The predicted octanol–water partition coefficient (Wildman–Crippen LogP) is 1.71. The van der Waals surface area contributed by atoms with Crippen molar-refractivity contribution in [2.75, 3.05) is 18.4 Å². The first-order chi connectivity index (χ1) is 11.5. The molecule has 24 heavy (non-hydrogen) atoms. The molecule has 1 saturated heterocycles. The van der Waals surface area contributed by atoms with Gasteiger partial charge in [-0.3, -0.25) is 14.2 Å². The summed E-state index contributed by atoms with van der Waals surface area (Å²) in [6.45, 7) is 5.33. The molecular weight excluding hydrogens is 306 g/mol. The maximum absolute atomic E-state index is 12.5. The molecule has 1 aromatic carbocycles. The number of hydrogen-bond acceptors (Lipinski definition) is 4. The molecule has 1 aliphatic rings. The third-order valence-corrected chi connectivity index (χ3v) is 4.00. The van der Waals surface area contributed by atoms with Gasteiger partial charge in [0, 0.05) is 25.2 Å². The Hall–Kier alpha value is -2.70. The minimum absolute atomic E-state index is 0.0575. The van der Waals surface area contributed by atoms with E-state index in [0.717, 1.165) is 5.69 Å². The summed E-state index contributed by atoms with van der Waals surface area (Å²) < 4.78 is 1.76. The number of carbonyl (C=O) groups is 2. The topological polar surface area (TPSA) is 80.1 Å². The zero-order valence-electron chi connectivity index (χ0n) is 13.8. The zero-order valence-corrected chi connectivity index (χ0v) is 13.8. The molecule has 2 amide bonds. The Morgan fingerprint density at radius 2 is 2.08 bits per heavy atom. The van der Waals surface area contributed by atoms with Crippen LogP contribution in [0.4, 0.5) is 5.69 Å². The SMILES string of the molecule is CC(C)CN1CC(C(=O)Nc2cccc(-n3cnnc3)c2)CC1=O. The van der Waals surface area contributed by atoms with E-state index in [4.69, 9.17) is 0 Å². The van der Waals surface area contributed by atoms with Gasteiger partial charge >= 0.3 is 0 Å².